The largest absolute Gasteiger partial charge is 0.367 e. The number of hydrogen-bond donors (Lipinski definition) is 2. The lowest BCUT2D eigenvalue weighted by Crippen LogP contribution is -2.47. The number of rotatable bonds is 4. The van der Waals surface area contributed by atoms with Crippen molar-refractivity contribution < 1.29 is 9.59 Å². The van der Waals surface area contributed by atoms with Crippen LogP contribution in [0.4, 0.5) is 5.82 Å². The predicted octanol–water partition coefficient (Wildman–Crippen LogP) is 0.990. The van der Waals surface area contributed by atoms with Crippen molar-refractivity contribution in [1.29, 1.82) is 0 Å². The lowest BCUT2D eigenvalue weighted by molar-refractivity contribution is -0.135. The fraction of sp³-hybridized carbons (Fsp3) is 0.647. The van der Waals surface area contributed by atoms with Crippen molar-refractivity contribution in [2.75, 3.05) is 25.0 Å². The van der Waals surface area contributed by atoms with Gasteiger partial charge in [0.25, 0.3) is 0 Å². The van der Waals surface area contributed by atoms with Crippen LogP contribution in [-0.4, -0.2) is 52.4 Å². The number of amides is 2. The molecule has 7 heteroatoms. The van der Waals surface area contributed by atoms with Crippen molar-refractivity contribution >= 4 is 17.6 Å². The van der Waals surface area contributed by atoms with Gasteiger partial charge in [-0.3, -0.25) is 14.6 Å². The Kier molecular flexibility index (Phi) is 3.86. The van der Waals surface area contributed by atoms with E-state index in [-0.39, 0.29) is 17.7 Å². The number of carbonyl (C=O) groups is 2. The summed E-state index contributed by atoms with van der Waals surface area (Å²) in [6.45, 7) is 3.83. The molecule has 2 aliphatic heterocycles. The molecule has 1 aliphatic carbocycles. The van der Waals surface area contributed by atoms with Crippen molar-refractivity contribution in [3.8, 4) is 0 Å². The molecule has 2 atom stereocenters. The fourth-order valence-electron chi connectivity index (χ4n) is 3.47. The molecule has 3 heterocycles. The second kappa shape index (κ2) is 6.03. The highest BCUT2D eigenvalue weighted by molar-refractivity contribution is 5.92. The van der Waals surface area contributed by atoms with Crippen LogP contribution in [0.25, 0.3) is 0 Å². The summed E-state index contributed by atoms with van der Waals surface area (Å²) in [4.78, 5) is 35.9. The van der Waals surface area contributed by atoms with Crippen LogP contribution in [0.3, 0.4) is 0 Å². The molecular weight excluding hydrogens is 306 g/mol. The number of likely N-dealkylation sites (tertiary alicyclic amines) is 1. The number of nitrogens with zero attached hydrogens (tertiary/aromatic N) is 3. The zero-order chi connectivity index (χ0) is 16.7. The first-order valence-electron chi connectivity index (χ1n) is 8.83. The molecule has 0 spiro atoms. The zero-order valence-electron chi connectivity index (χ0n) is 13.9. The third kappa shape index (κ3) is 2.83. The minimum atomic E-state index is -0.501. The van der Waals surface area contributed by atoms with Crippen LogP contribution < -0.4 is 10.6 Å². The highest BCUT2D eigenvalue weighted by Crippen LogP contribution is 2.40. The fourth-order valence-corrected chi connectivity index (χ4v) is 3.47. The Morgan fingerprint density at radius 3 is 2.79 bits per heavy atom. The molecule has 128 valence electrons. The first-order chi connectivity index (χ1) is 11.6. The summed E-state index contributed by atoms with van der Waals surface area (Å²) < 4.78 is 0. The summed E-state index contributed by atoms with van der Waals surface area (Å²) in [5.74, 6) is 0.675. The molecule has 2 fully saturated rings. The standard InChI is InChI=1S/C17H23N5O2/c1-10(17(24)22-6-2-3-7-22)20-16(23)12-8-18-15-14(12)21-13(9-19-15)11-4-5-11/h9-12H,2-8H2,1H3,(H,18,19)(H,20,23)/t10-,12?/m0/s1. The number of hydrogen-bond acceptors (Lipinski definition) is 5. The molecular formula is C17H23N5O2. The van der Waals surface area contributed by atoms with E-state index in [0.717, 1.165) is 50.2 Å². The summed E-state index contributed by atoms with van der Waals surface area (Å²) in [6, 6.07) is -0.501. The van der Waals surface area contributed by atoms with E-state index >= 15 is 0 Å². The van der Waals surface area contributed by atoms with Crippen LogP contribution in [0.1, 0.15) is 55.8 Å². The first-order valence-corrected chi connectivity index (χ1v) is 8.83. The number of carbonyl (C=O) groups excluding carboxylic acids is 2. The summed E-state index contributed by atoms with van der Waals surface area (Å²) >= 11 is 0. The normalized spacial score (nSPS) is 23.5. The van der Waals surface area contributed by atoms with Gasteiger partial charge in [0.05, 0.1) is 17.6 Å². The molecule has 1 aromatic heterocycles. The maximum Gasteiger partial charge on any atom is 0.244 e. The van der Waals surface area contributed by atoms with Crippen LogP contribution >= 0.6 is 0 Å². The van der Waals surface area contributed by atoms with E-state index in [1.165, 1.54) is 0 Å². The Labute approximate surface area is 141 Å². The molecule has 24 heavy (non-hydrogen) atoms. The SMILES string of the molecule is C[C@H](NC(=O)C1CNc2ncc(C3CC3)nc21)C(=O)N1CCCC1. The highest BCUT2D eigenvalue weighted by atomic mass is 16.2. The van der Waals surface area contributed by atoms with Gasteiger partial charge in [0, 0.05) is 25.6 Å². The van der Waals surface area contributed by atoms with E-state index in [1.807, 2.05) is 11.1 Å². The van der Waals surface area contributed by atoms with Crippen molar-refractivity contribution in [3.63, 3.8) is 0 Å². The maximum atomic E-state index is 12.6. The Morgan fingerprint density at radius 2 is 2.08 bits per heavy atom. The van der Waals surface area contributed by atoms with Gasteiger partial charge in [-0.25, -0.2) is 4.98 Å². The molecule has 0 bridgehead atoms. The number of fused-ring (bicyclic) bond motifs is 1. The third-order valence-electron chi connectivity index (χ3n) is 5.08. The second-order valence-electron chi connectivity index (χ2n) is 7.00. The summed E-state index contributed by atoms with van der Waals surface area (Å²) in [5, 5.41) is 6.01. The van der Waals surface area contributed by atoms with Gasteiger partial charge in [0.15, 0.2) is 0 Å². The molecule has 0 aromatic carbocycles. The summed E-state index contributed by atoms with van der Waals surface area (Å²) in [6.07, 6.45) is 6.21. The van der Waals surface area contributed by atoms with Gasteiger partial charge in [-0.2, -0.15) is 0 Å². The van der Waals surface area contributed by atoms with E-state index < -0.39 is 6.04 Å². The van der Waals surface area contributed by atoms with E-state index in [1.54, 1.807) is 6.92 Å². The van der Waals surface area contributed by atoms with Gasteiger partial charge in [-0.05, 0) is 32.6 Å². The quantitative estimate of drug-likeness (QED) is 0.860. The van der Waals surface area contributed by atoms with Crippen LogP contribution in [0.2, 0.25) is 0 Å². The molecule has 1 unspecified atom stereocenters. The minimum absolute atomic E-state index is 0.00449. The first kappa shape index (κ1) is 15.4. The predicted molar refractivity (Wildman–Crippen MR) is 88.7 cm³/mol. The molecule has 2 amide bonds. The monoisotopic (exact) mass is 329 g/mol. The zero-order valence-corrected chi connectivity index (χ0v) is 13.9. The van der Waals surface area contributed by atoms with Crippen LogP contribution in [0.5, 0.6) is 0 Å². The van der Waals surface area contributed by atoms with E-state index in [0.29, 0.717) is 18.3 Å². The molecule has 0 radical (unpaired) electrons. The summed E-state index contributed by atoms with van der Waals surface area (Å²) in [7, 11) is 0. The van der Waals surface area contributed by atoms with Gasteiger partial charge < -0.3 is 15.5 Å². The second-order valence-corrected chi connectivity index (χ2v) is 7.00. The minimum Gasteiger partial charge on any atom is -0.367 e. The van der Waals surface area contributed by atoms with Crippen LogP contribution in [-0.2, 0) is 9.59 Å². The number of nitrogens with one attached hydrogen (secondary N) is 2. The Hall–Kier alpha value is -2.18. The summed E-state index contributed by atoms with van der Waals surface area (Å²) in [5.41, 5.74) is 1.70. The smallest absolute Gasteiger partial charge is 0.244 e. The Morgan fingerprint density at radius 1 is 1.33 bits per heavy atom. The number of aromatic nitrogens is 2. The molecule has 4 rings (SSSR count). The van der Waals surface area contributed by atoms with Crippen LogP contribution in [0, 0.1) is 0 Å². The van der Waals surface area contributed by atoms with Gasteiger partial charge in [-0.15, -0.1) is 0 Å². The van der Waals surface area contributed by atoms with E-state index in [4.69, 9.17) is 0 Å². The van der Waals surface area contributed by atoms with Gasteiger partial charge in [0.1, 0.15) is 17.8 Å². The Balaban J connectivity index is 1.44. The lowest BCUT2D eigenvalue weighted by atomic mass is 10.1. The molecule has 7 nitrogen and oxygen atoms in total. The molecule has 1 saturated heterocycles. The molecule has 1 saturated carbocycles. The lowest BCUT2D eigenvalue weighted by Gasteiger charge is -2.22. The molecule has 2 N–H and O–H groups in total. The van der Waals surface area contributed by atoms with Crippen molar-refractivity contribution in [2.24, 2.45) is 0 Å². The van der Waals surface area contributed by atoms with Gasteiger partial charge >= 0.3 is 0 Å². The highest BCUT2D eigenvalue weighted by Gasteiger charge is 2.35. The van der Waals surface area contributed by atoms with E-state index in [9.17, 15) is 9.59 Å². The van der Waals surface area contributed by atoms with Crippen molar-refractivity contribution in [1.82, 2.24) is 20.2 Å². The van der Waals surface area contributed by atoms with Gasteiger partial charge in [-0.1, -0.05) is 0 Å². The average Bonchev–Trinajstić information content (AvgIpc) is 3.12. The average molecular weight is 329 g/mol. The number of anilines is 1. The van der Waals surface area contributed by atoms with Crippen LogP contribution in [0.15, 0.2) is 6.20 Å². The topological polar surface area (TPSA) is 87.2 Å². The van der Waals surface area contributed by atoms with Crippen molar-refractivity contribution in [3.05, 3.63) is 17.6 Å². The molecule has 1 aromatic rings. The van der Waals surface area contributed by atoms with E-state index in [2.05, 4.69) is 20.6 Å². The van der Waals surface area contributed by atoms with Crippen molar-refractivity contribution in [2.45, 2.75) is 50.5 Å². The van der Waals surface area contributed by atoms with Gasteiger partial charge in [0.2, 0.25) is 11.8 Å². The maximum absolute atomic E-state index is 12.6. The Bertz CT molecular complexity index is 667. The third-order valence-corrected chi connectivity index (χ3v) is 5.08. The molecule has 3 aliphatic rings.